The lowest BCUT2D eigenvalue weighted by atomic mass is 10.3. The second-order valence-corrected chi connectivity index (χ2v) is 3.57. The molecule has 0 fully saturated rings. The van der Waals surface area contributed by atoms with E-state index in [0.717, 1.165) is 10.6 Å². The van der Waals surface area contributed by atoms with Gasteiger partial charge >= 0.3 is 0 Å². The highest BCUT2D eigenvalue weighted by Gasteiger charge is 2.09. The van der Waals surface area contributed by atoms with E-state index in [0.29, 0.717) is 0 Å². The van der Waals surface area contributed by atoms with E-state index >= 15 is 0 Å². The zero-order chi connectivity index (χ0) is 9.97. The molecule has 0 aliphatic rings. The first-order valence-electron chi connectivity index (χ1n) is 3.91. The third-order valence-electron chi connectivity index (χ3n) is 1.73. The second kappa shape index (κ2) is 3.60. The Bertz CT molecular complexity index is 434. The van der Waals surface area contributed by atoms with Crippen LogP contribution < -0.4 is 11.3 Å². The van der Waals surface area contributed by atoms with Crippen molar-refractivity contribution in [2.75, 3.05) is 0 Å². The average Bonchev–Trinajstić information content (AvgIpc) is 2.86. The number of hydrogen-bond donors (Lipinski definition) is 3. The van der Waals surface area contributed by atoms with Crippen molar-refractivity contribution in [1.82, 2.24) is 15.6 Å². The lowest BCUT2D eigenvalue weighted by molar-refractivity contribution is 0.0948. The van der Waals surface area contributed by atoms with Crippen molar-refractivity contribution >= 4 is 17.2 Å². The number of hydrazine groups is 1. The molecule has 2 heterocycles. The molecule has 14 heavy (non-hydrogen) atoms. The fraction of sp³-hybridized carbons (Fsp3) is 0. The molecule has 0 aliphatic carbocycles. The Balaban J connectivity index is 2.31. The molecular weight excluding hydrogens is 200 g/mol. The molecule has 2 aromatic rings. The Morgan fingerprint density at radius 3 is 3.14 bits per heavy atom. The number of aromatic amines is 1. The molecule has 2 aromatic heterocycles. The van der Waals surface area contributed by atoms with Crippen LogP contribution in [0.4, 0.5) is 0 Å². The van der Waals surface area contributed by atoms with Gasteiger partial charge in [0.2, 0.25) is 0 Å². The van der Waals surface area contributed by atoms with Crippen molar-refractivity contribution in [2.45, 2.75) is 0 Å². The highest BCUT2D eigenvalue weighted by molar-refractivity contribution is 7.13. The summed E-state index contributed by atoms with van der Waals surface area (Å²) in [6.07, 6.45) is 0. The van der Waals surface area contributed by atoms with Gasteiger partial charge in [0, 0.05) is 0 Å². The molecule has 72 valence electrons. The summed E-state index contributed by atoms with van der Waals surface area (Å²) in [4.78, 5) is 12.1. The molecule has 5 nitrogen and oxygen atoms in total. The number of rotatable bonds is 2. The summed E-state index contributed by atoms with van der Waals surface area (Å²) in [6, 6.07) is 5.54. The van der Waals surface area contributed by atoms with Crippen LogP contribution in [-0.4, -0.2) is 16.1 Å². The van der Waals surface area contributed by atoms with Crippen LogP contribution >= 0.6 is 11.3 Å². The monoisotopic (exact) mass is 208 g/mol. The highest BCUT2D eigenvalue weighted by atomic mass is 32.1. The number of nitrogen functional groups attached to an aromatic ring is 1. The Kier molecular flexibility index (Phi) is 2.30. The predicted molar refractivity (Wildman–Crippen MR) is 53.6 cm³/mol. The minimum Gasteiger partial charge on any atom is -0.289 e. The van der Waals surface area contributed by atoms with Crippen molar-refractivity contribution in [3.05, 3.63) is 29.3 Å². The Morgan fingerprint density at radius 1 is 1.64 bits per heavy atom. The molecule has 0 bridgehead atoms. The van der Waals surface area contributed by atoms with Gasteiger partial charge in [-0.15, -0.1) is 11.3 Å². The van der Waals surface area contributed by atoms with E-state index in [2.05, 4.69) is 10.2 Å². The van der Waals surface area contributed by atoms with Crippen LogP contribution in [0, 0.1) is 0 Å². The van der Waals surface area contributed by atoms with Crippen LogP contribution in [0.15, 0.2) is 23.6 Å². The van der Waals surface area contributed by atoms with Gasteiger partial charge in [-0.05, 0) is 17.5 Å². The van der Waals surface area contributed by atoms with E-state index in [1.807, 2.05) is 22.9 Å². The van der Waals surface area contributed by atoms with E-state index < -0.39 is 5.91 Å². The molecule has 0 radical (unpaired) electrons. The molecule has 6 heteroatoms. The van der Waals surface area contributed by atoms with Crippen LogP contribution in [0.5, 0.6) is 0 Å². The van der Waals surface area contributed by atoms with Gasteiger partial charge in [0.15, 0.2) is 5.69 Å². The maximum atomic E-state index is 11.1. The van der Waals surface area contributed by atoms with Gasteiger partial charge in [-0.2, -0.15) is 5.10 Å². The van der Waals surface area contributed by atoms with Gasteiger partial charge in [0.05, 0.1) is 10.6 Å². The first-order chi connectivity index (χ1) is 6.81. The summed E-state index contributed by atoms with van der Waals surface area (Å²) in [6.45, 7) is 0. The normalized spacial score (nSPS) is 10.1. The lowest BCUT2D eigenvalue weighted by Crippen LogP contribution is -2.30. The number of hydrogen-bond acceptors (Lipinski definition) is 4. The van der Waals surface area contributed by atoms with Crippen molar-refractivity contribution in [3.8, 4) is 10.6 Å². The van der Waals surface area contributed by atoms with Gasteiger partial charge in [0.25, 0.3) is 5.91 Å². The van der Waals surface area contributed by atoms with Crippen molar-refractivity contribution < 1.29 is 4.79 Å². The van der Waals surface area contributed by atoms with E-state index in [-0.39, 0.29) is 5.69 Å². The maximum absolute atomic E-state index is 11.1. The number of nitrogens with zero attached hydrogens (tertiary/aromatic N) is 1. The molecular formula is C8H8N4OS. The number of carbonyl (C=O) groups is 1. The standard InChI is InChI=1S/C8H8N4OS/c9-10-8(13)6-4-5(11-12-6)7-2-1-3-14-7/h1-4H,9H2,(H,10,13)(H,11,12). The van der Waals surface area contributed by atoms with Crippen LogP contribution in [0.25, 0.3) is 10.6 Å². The fourth-order valence-corrected chi connectivity index (χ4v) is 1.76. The molecule has 0 atom stereocenters. The lowest BCUT2D eigenvalue weighted by Gasteiger charge is -1.90. The minimum atomic E-state index is -0.399. The molecule has 0 unspecified atom stereocenters. The number of nitrogens with two attached hydrogens (primary N) is 1. The van der Waals surface area contributed by atoms with Crippen LogP contribution in [0.2, 0.25) is 0 Å². The molecule has 0 saturated carbocycles. The molecule has 0 aliphatic heterocycles. The number of aromatic nitrogens is 2. The topological polar surface area (TPSA) is 83.8 Å². The Labute approximate surface area is 83.9 Å². The van der Waals surface area contributed by atoms with Gasteiger partial charge in [-0.1, -0.05) is 6.07 Å². The zero-order valence-electron chi connectivity index (χ0n) is 7.15. The third-order valence-corrected chi connectivity index (χ3v) is 2.63. The maximum Gasteiger partial charge on any atom is 0.285 e. The Hall–Kier alpha value is -1.66. The van der Waals surface area contributed by atoms with E-state index in [1.165, 1.54) is 0 Å². The van der Waals surface area contributed by atoms with Gasteiger partial charge in [-0.25, -0.2) is 5.84 Å². The summed E-state index contributed by atoms with van der Waals surface area (Å²) < 4.78 is 0. The number of amides is 1. The summed E-state index contributed by atoms with van der Waals surface area (Å²) in [7, 11) is 0. The van der Waals surface area contributed by atoms with E-state index in [1.54, 1.807) is 17.4 Å². The average molecular weight is 208 g/mol. The fourth-order valence-electron chi connectivity index (χ4n) is 1.07. The van der Waals surface area contributed by atoms with E-state index in [4.69, 9.17) is 5.84 Å². The summed E-state index contributed by atoms with van der Waals surface area (Å²) in [5, 5.41) is 8.56. The van der Waals surface area contributed by atoms with Crippen LogP contribution in [0.3, 0.4) is 0 Å². The van der Waals surface area contributed by atoms with Gasteiger partial charge in [-0.3, -0.25) is 15.3 Å². The molecule has 0 spiro atoms. The zero-order valence-corrected chi connectivity index (χ0v) is 7.97. The second-order valence-electron chi connectivity index (χ2n) is 2.62. The molecule has 2 rings (SSSR count). The SMILES string of the molecule is NNC(=O)c1cc(-c2cccs2)[nH]n1. The number of thiophene rings is 1. The number of nitrogens with one attached hydrogen (secondary N) is 2. The number of carbonyl (C=O) groups excluding carboxylic acids is 1. The van der Waals surface area contributed by atoms with Crippen LogP contribution in [0.1, 0.15) is 10.5 Å². The van der Waals surface area contributed by atoms with Crippen molar-refractivity contribution in [3.63, 3.8) is 0 Å². The molecule has 4 N–H and O–H groups in total. The number of H-pyrrole nitrogens is 1. The predicted octanol–water partition coefficient (Wildman–Crippen LogP) is 0.742. The van der Waals surface area contributed by atoms with E-state index in [9.17, 15) is 4.79 Å². The summed E-state index contributed by atoms with van der Waals surface area (Å²) >= 11 is 1.57. The summed E-state index contributed by atoms with van der Waals surface area (Å²) in [5.74, 6) is 4.58. The molecule has 1 amide bonds. The first-order valence-corrected chi connectivity index (χ1v) is 4.79. The van der Waals surface area contributed by atoms with Gasteiger partial charge in [0.1, 0.15) is 0 Å². The Morgan fingerprint density at radius 2 is 2.50 bits per heavy atom. The quantitative estimate of drug-likeness (QED) is 0.386. The largest absolute Gasteiger partial charge is 0.289 e. The third kappa shape index (κ3) is 1.52. The smallest absolute Gasteiger partial charge is 0.285 e. The van der Waals surface area contributed by atoms with Crippen molar-refractivity contribution in [1.29, 1.82) is 0 Å². The highest BCUT2D eigenvalue weighted by Crippen LogP contribution is 2.22. The van der Waals surface area contributed by atoms with Crippen molar-refractivity contribution in [2.24, 2.45) is 5.84 Å². The first kappa shape index (κ1) is 8.92. The minimum absolute atomic E-state index is 0.288. The molecule has 0 aromatic carbocycles. The van der Waals surface area contributed by atoms with Crippen LogP contribution in [-0.2, 0) is 0 Å². The van der Waals surface area contributed by atoms with Gasteiger partial charge < -0.3 is 0 Å². The summed E-state index contributed by atoms with van der Waals surface area (Å²) in [5.41, 5.74) is 3.13. The molecule has 0 saturated heterocycles.